The predicted molar refractivity (Wildman–Crippen MR) is 112 cm³/mol. The normalized spacial score (nSPS) is 15.8. The van der Waals surface area contributed by atoms with Gasteiger partial charge < -0.3 is 9.80 Å². The molecular formula is C20H23ClN4S. The molecule has 0 atom stereocenters. The van der Waals surface area contributed by atoms with Gasteiger partial charge in [-0.05, 0) is 56.1 Å². The number of hydrogen-bond acceptors (Lipinski definition) is 5. The summed E-state index contributed by atoms with van der Waals surface area (Å²) in [4.78, 5) is 16.1. The highest BCUT2D eigenvalue weighted by Crippen LogP contribution is 2.42. The Kier molecular flexibility index (Phi) is 4.63. The summed E-state index contributed by atoms with van der Waals surface area (Å²) in [5, 5.41) is 1.48. The van der Waals surface area contributed by atoms with Crippen LogP contribution in [0, 0.1) is 20.8 Å². The van der Waals surface area contributed by atoms with Gasteiger partial charge in [-0.15, -0.1) is 11.3 Å². The monoisotopic (exact) mass is 386 g/mol. The lowest BCUT2D eigenvalue weighted by Gasteiger charge is -2.33. The average molecular weight is 387 g/mol. The lowest BCUT2D eigenvalue weighted by molar-refractivity contribution is 0.312. The number of anilines is 1. The summed E-state index contributed by atoms with van der Waals surface area (Å²) in [6, 6.07) is 6.67. The molecule has 1 aliphatic rings. The second kappa shape index (κ2) is 6.80. The van der Waals surface area contributed by atoms with Crippen LogP contribution in [-0.2, 0) is 0 Å². The molecule has 3 heterocycles. The molecule has 2 aromatic heterocycles. The number of fused-ring (bicyclic) bond motifs is 1. The summed E-state index contributed by atoms with van der Waals surface area (Å²) in [5.41, 5.74) is 5.10. The van der Waals surface area contributed by atoms with E-state index in [0.29, 0.717) is 5.28 Å². The van der Waals surface area contributed by atoms with Crippen LogP contribution in [-0.4, -0.2) is 48.1 Å². The first-order valence-electron chi connectivity index (χ1n) is 8.92. The fraction of sp³-hybridized carbons (Fsp3) is 0.400. The molecule has 26 heavy (non-hydrogen) atoms. The molecule has 6 heteroatoms. The highest BCUT2D eigenvalue weighted by molar-refractivity contribution is 7.19. The van der Waals surface area contributed by atoms with E-state index in [1.807, 2.05) is 0 Å². The molecular weight excluding hydrogens is 364 g/mol. The topological polar surface area (TPSA) is 32.3 Å². The van der Waals surface area contributed by atoms with Crippen molar-refractivity contribution < 1.29 is 0 Å². The molecule has 136 valence electrons. The van der Waals surface area contributed by atoms with E-state index in [4.69, 9.17) is 11.6 Å². The zero-order valence-electron chi connectivity index (χ0n) is 15.6. The number of hydrogen-bond donors (Lipinski definition) is 0. The number of aromatic nitrogens is 2. The summed E-state index contributed by atoms with van der Waals surface area (Å²) in [6.45, 7) is 10.5. The fourth-order valence-electron chi connectivity index (χ4n) is 3.56. The van der Waals surface area contributed by atoms with Crippen molar-refractivity contribution in [2.45, 2.75) is 20.8 Å². The minimum absolute atomic E-state index is 0.333. The van der Waals surface area contributed by atoms with Gasteiger partial charge in [0, 0.05) is 36.6 Å². The molecule has 3 aromatic rings. The number of halogens is 1. The summed E-state index contributed by atoms with van der Waals surface area (Å²) in [5.74, 6) is 0.977. The van der Waals surface area contributed by atoms with E-state index in [2.05, 4.69) is 65.8 Å². The van der Waals surface area contributed by atoms with Crippen molar-refractivity contribution in [2.75, 3.05) is 38.1 Å². The maximum absolute atomic E-state index is 6.27. The molecule has 0 unspecified atom stereocenters. The predicted octanol–water partition coefficient (Wildman–Crippen LogP) is 4.69. The molecule has 0 N–H and O–H groups in total. The van der Waals surface area contributed by atoms with Crippen LogP contribution in [0.2, 0.25) is 5.28 Å². The van der Waals surface area contributed by atoms with E-state index in [-0.39, 0.29) is 0 Å². The van der Waals surface area contributed by atoms with Crippen molar-refractivity contribution in [1.82, 2.24) is 14.9 Å². The van der Waals surface area contributed by atoms with Crippen molar-refractivity contribution >= 4 is 39.0 Å². The Morgan fingerprint density at radius 1 is 1.00 bits per heavy atom. The van der Waals surface area contributed by atoms with Crippen molar-refractivity contribution in [1.29, 1.82) is 0 Å². The third kappa shape index (κ3) is 3.08. The summed E-state index contributed by atoms with van der Waals surface area (Å²) >= 11 is 7.98. The highest BCUT2D eigenvalue weighted by atomic mass is 35.5. The Hall–Kier alpha value is -1.69. The van der Waals surface area contributed by atoms with Gasteiger partial charge in [0.1, 0.15) is 10.6 Å². The standard InChI is InChI=1S/C20H23ClN4S/c1-12-5-6-15(11-13(12)2)16-14(3)26-19-17(16)18(22-20(21)23-19)25-9-7-24(4)8-10-25/h5-6,11H,7-10H2,1-4H3. The number of thiophene rings is 1. The van der Waals surface area contributed by atoms with E-state index in [0.717, 1.165) is 42.2 Å². The van der Waals surface area contributed by atoms with Crippen LogP contribution < -0.4 is 4.90 Å². The fourth-order valence-corrected chi connectivity index (χ4v) is 4.81. The minimum Gasteiger partial charge on any atom is -0.353 e. The summed E-state index contributed by atoms with van der Waals surface area (Å²) in [6.07, 6.45) is 0. The van der Waals surface area contributed by atoms with Crippen molar-refractivity contribution in [3.05, 3.63) is 39.5 Å². The first kappa shape index (κ1) is 17.7. The molecule has 0 bridgehead atoms. The number of aryl methyl sites for hydroxylation is 3. The maximum Gasteiger partial charge on any atom is 0.225 e. The van der Waals surface area contributed by atoms with Crippen LogP contribution in [0.15, 0.2) is 18.2 Å². The zero-order chi connectivity index (χ0) is 18.4. The van der Waals surface area contributed by atoms with Crippen LogP contribution in [0.4, 0.5) is 5.82 Å². The lowest BCUT2D eigenvalue weighted by Crippen LogP contribution is -2.44. The second-order valence-electron chi connectivity index (χ2n) is 7.12. The Balaban J connectivity index is 1.93. The Morgan fingerprint density at radius 3 is 2.42 bits per heavy atom. The van der Waals surface area contributed by atoms with Crippen molar-refractivity contribution in [3.63, 3.8) is 0 Å². The number of likely N-dealkylation sites (N-methyl/N-ethyl adjacent to an activating group) is 1. The molecule has 1 aromatic carbocycles. The third-order valence-corrected chi connectivity index (χ3v) is 6.45. The number of piperazine rings is 1. The zero-order valence-corrected chi connectivity index (χ0v) is 17.2. The Labute approximate surface area is 163 Å². The van der Waals surface area contributed by atoms with Gasteiger partial charge in [0.2, 0.25) is 5.28 Å². The van der Waals surface area contributed by atoms with E-state index in [1.165, 1.54) is 27.1 Å². The molecule has 0 radical (unpaired) electrons. The third-order valence-electron chi connectivity index (χ3n) is 5.28. The summed E-state index contributed by atoms with van der Waals surface area (Å²) < 4.78 is 0. The van der Waals surface area contributed by atoms with E-state index < -0.39 is 0 Å². The summed E-state index contributed by atoms with van der Waals surface area (Å²) in [7, 11) is 2.16. The van der Waals surface area contributed by atoms with E-state index in [1.54, 1.807) is 11.3 Å². The van der Waals surface area contributed by atoms with Gasteiger partial charge >= 0.3 is 0 Å². The molecule has 4 nitrogen and oxygen atoms in total. The van der Waals surface area contributed by atoms with Crippen LogP contribution >= 0.6 is 22.9 Å². The molecule has 0 saturated carbocycles. The van der Waals surface area contributed by atoms with Crippen LogP contribution in [0.3, 0.4) is 0 Å². The quantitative estimate of drug-likeness (QED) is 0.598. The Bertz CT molecular complexity index is 974. The molecule has 0 amide bonds. The van der Waals surface area contributed by atoms with Crippen LogP contribution in [0.1, 0.15) is 16.0 Å². The first-order chi connectivity index (χ1) is 12.4. The lowest BCUT2D eigenvalue weighted by atomic mass is 9.99. The van der Waals surface area contributed by atoms with Crippen molar-refractivity contribution in [3.8, 4) is 11.1 Å². The average Bonchev–Trinajstić information content (AvgIpc) is 2.93. The van der Waals surface area contributed by atoms with Gasteiger partial charge in [-0.3, -0.25) is 0 Å². The minimum atomic E-state index is 0.333. The van der Waals surface area contributed by atoms with Gasteiger partial charge in [-0.25, -0.2) is 4.98 Å². The van der Waals surface area contributed by atoms with Gasteiger partial charge in [0.05, 0.1) is 5.39 Å². The van der Waals surface area contributed by atoms with Crippen molar-refractivity contribution in [2.24, 2.45) is 0 Å². The van der Waals surface area contributed by atoms with Gasteiger partial charge in [-0.1, -0.05) is 18.2 Å². The molecule has 1 aliphatic heterocycles. The van der Waals surface area contributed by atoms with Gasteiger partial charge in [0.15, 0.2) is 0 Å². The highest BCUT2D eigenvalue weighted by Gasteiger charge is 2.24. The smallest absolute Gasteiger partial charge is 0.225 e. The SMILES string of the molecule is Cc1ccc(-c2c(C)sc3nc(Cl)nc(N4CCN(C)CC4)c23)cc1C. The van der Waals surface area contributed by atoms with Crippen LogP contribution in [0.5, 0.6) is 0 Å². The molecule has 1 saturated heterocycles. The number of rotatable bonds is 2. The molecule has 4 rings (SSSR count). The number of benzene rings is 1. The van der Waals surface area contributed by atoms with Gasteiger partial charge in [0.25, 0.3) is 0 Å². The van der Waals surface area contributed by atoms with Crippen LogP contribution in [0.25, 0.3) is 21.3 Å². The largest absolute Gasteiger partial charge is 0.353 e. The molecule has 0 aliphatic carbocycles. The second-order valence-corrected chi connectivity index (χ2v) is 8.66. The Morgan fingerprint density at radius 2 is 1.73 bits per heavy atom. The van der Waals surface area contributed by atoms with E-state index in [9.17, 15) is 0 Å². The van der Waals surface area contributed by atoms with E-state index >= 15 is 0 Å². The first-order valence-corrected chi connectivity index (χ1v) is 10.1. The van der Waals surface area contributed by atoms with Gasteiger partial charge in [-0.2, -0.15) is 4.98 Å². The maximum atomic E-state index is 6.27. The molecule has 0 spiro atoms. The molecule has 1 fully saturated rings. The number of nitrogens with zero attached hydrogens (tertiary/aromatic N) is 4.